The first-order chi connectivity index (χ1) is 9.04. The Kier molecular flexibility index (Phi) is 3.02. The molecule has 0 atom stereocenters. The van der Waals surface area contributed by atoms with Crippen molar-refractivity contribution in [1.29, 1.82) is 0 Å². The second-order valence-corrected chi connectivity index (χ2v) is 7.57. The number of rotatable bonds is 2. The molecule has 100 valence electrons. The van der Waals surface area contributed by atoms with Crippen molar-refractivity contribution in [2.45, 2.75) is 11.0 Å². The van der Waals surface area contributed by atoms with Crippen LogP contribution in [0.15, 0.2) is 18.2 Å². The quantitative estimate of drug-likeness (QED) is 0.897. The van der Waals surface area contributed by atoms with Gasteiger partial charge in [0.05, 0.1) is 5.69 Å². The minimum atomic E-state index is -0.559. The number of anilines is 1. The van der Waals surface area contributed by atoms with Crippen molar-refractivity contribution in [3.05, 3.63) is 29.3 Å². The number of nitrogens with zero attached hydrogens (tertiary/aromatic N) is 1. The number of aryl methyl sites for hydroxylation is 1. The summed E-state index contributed by atoms with van der Waals surface area (Å²) in [6, 6.07) is 5.93. The molecule has 0 unspecified atom stereocenters. The van der Waals surface area contributed by atoms with Crippen LogP contribution in [-0.4, -0.2) is 29.9 Å². The largest absolute Gasteiger partial charge is 0.368 e. The van der Waals surface area contributed by atoms with Gasteiger partial charge in [-0.05, 0) is 13.0 Å². The van der Waals surface area contributed by atoms with Gasteiger partial charge in [0.2, 0.25) is 5.91 Å². The van der Waals surface area contributed by atoms with Gasteiger partial charge in [-0.3, -0.25) is 9.59 Å². The maximum atomic E-state index is 12.7. The van der Waals surface area contributed by atoms with Gasteiger partial charge in [0, 0.05) is 17.1 Å². The highest BCUT2D eigenvalue weighted by molar-refractivity contribution is 8.21. The van der Waals surface area contributed by atoms with Gasteiger partial charge in [-0.2, -0.15) is 0 Å². The van der Waals surface area contributed by atoms with Gasteiger partial charge in [-0.15, -0.1) is 23.5 Å². The fraction of sp³-hybridized carbons (Fsp3) is 0.385. The van der Waals surface area contributed by atoms with Crippen molar-refractivity contribution in [3.8, 4) is 0 Å². The monoisotopic (exact) mass is 294 g/mol. The number of hydrogen-bond donors (Lipinski definition) is 1. The van der Waals surface area contributed by atoms with E-state index in [4.69, 9.17) is 5.73 Å². The van der Waals surface area contributed by atoms with Crippen molar-refractivity contribution < 1.29 is 9.59 Å². The number of benzene rings is 1. The number of thioether (sulfide) groups is 2. The molecule has 6 heteroatoms. The number of hydrogen-bond acceptors (Lipinski definition) is 4. The maximum absolute atomic E-state index is 12.7. The fourth-order valence-electron chi connectivity index (χ4n) is 2.56. The molecule has 1 saturated heterocycles. The summed E-state index contributed by atoms with van der Waals surface area (Å²) >= 11 is 3.32. The van der Waals surface area contributed by atoms with Crippen molar-refractivity contribution in [2.75, 3.05) is 23.0 Å². The standard InChI is InChI=1S/C13H14N2O2S2/c1-8-2-3-10-9(6-8)13(18-4-5-19-13)12(17)15(10)7-11(14)16/h2-3,6H,4-5,7H2,1H3,(H2,14,16). The van der Waals surface area contributed by atoms with Crippen molar-refractivity contribution in [1.82, 2.24) is 0 Å². The Bertz CT molecular complexity index is 568. The van der Waals surface area contributed by atoms with Gasteiger partial charge >= 0.3 is 0 Å². The summed E-state index contributed by atoms with van der Waals surface area (Å²) in [4.78, 5) is 25.4. The molecule has 0 bridgehead atoms. The SMILES string of the molecule is Cc1ccc2c(c1)C1(SCCS1)C(=O)N2CC(N)=O. The Hall–Kier alpha value is -1.14. The summed E-state index contributed by atoms with van der Waals surface area (Å²) in [6.07, 6.45) is 0. The van der Waals surface area contributed by atoms with Gasteiger partial charge in [0.15, 0.2) is 4.08 Å². The zero-order chi connectivity index (χ0) is 13.6. The lowest BCUT2D eigenvalue weighted by Crippen LogP contribution is -2.40. The van der Waals surface area contributed by atoms with Crippen molar-refractivity contribution >= 4 is 41.0 Å². The van der Waals surface area contributed by atoms with E-state index in [1.54, 1.807) is 23.5 Å². The van der Waals surface area contributed by atoms with Gasteiger partial charge in [-0.1, -0.05) is 17.7 Å². The zero-order valence-electron chi connectivity index (χ0n) is 10.5. The molecule has 1 aromatic carbocycles. The van der Waals surface area contributed by atoms with E-state index in [1.807, 2.05) is 19.1 Å². The molecular weight excluding hydrogens is 280 g/mol. The number of amides is 2. The third-order valence-corrected chi connectivity index (χ3v) is 6.72. The summed E-state index contributed by atoms with van der Waals surface area (Å²) < 4.78 is -0.559. The number of carbonyl (C=O) groups excluding carboxylic acids is 2. The van der Waals surface area contributed by atoms with E-state index in [-0.39, 0.29) is 12.5 Å². The van der Waals surface area contributed by atoms with E-state index in [1.165, 1.54) is 4.90 Å². The second kappa shape index (κ2) is 4.45. The third kappa shape index (κ3) is 1.85. The minimum Gasteiger partial charge on any atom is -0.368 e. The molecule has 2 heterocycles. The van der Waals surface area contributed by atoms with E-state index >= 15 is 0 Å². The van der Waals surface area contributed by atoms with Crippen LogP contribution >= 0.6 is 23.5 Å². The highest BCUT2D eigenvalue weighted by Crippen LogP contribution is 2.59. The van der Waals surface area contributed by atoms with Crippen LogP contribution in [0.4, 0.5) is 5.69 Å². The van der Waals surface area contributed by atoms with Crippen LogP contribution in [0.3, 0.4) is 0 Å². The Balaban J connectivity index is 2.14. The Morgan fingerprint density at radius 1 is 1.42 bits per heavy atom. The van der Waals surface area contributed by atoms with Crippen LogP contribution in [-0.2, 0) is 13.7 Å². The molecule has 1 fully saturated rings. The lowest BCUT2D eigenvalue weighted by molar-refractivity contribution is -0.122. The Morgan fingerprint density at radius 2 is 2.11 bits per heavy atom. The minimum absolute atomic E-state index is 0.0144. The Labute approximate surface area is 120 Å². The molecule has 2 aliphatic heterocycles. The maximum Gasteiger partial charge on any atom is 0.258 e. The van der Waals surface area contributed by atoms with Gasteiger partial charge < -0.3 is 10.6 Å². The molecular formula is C13H14N2O2S2. The van der Waals surface area contributed by atoms with E-state index < -0.39 is 9.99 Å². The first kappa shape index (κ1) is 12.9. The van der Waals surface area contributed by atoms with Crippen molar-refractivity contribution in [2.24, 2.45) is 5.73 Å². The van der Waals surface area contributed by atoms with E-state index in [0.717, 1.165) is 28.3 Å². The summed E-state index contributed by atoms with van der Waals surface area (Å²) in [6.45, 7) is 1.97. The molecule has 2 aliphatic rings. The molecule has 19 heavy (non-hydrogen) atoms. The molecule has 0 aromatic heterocycles. The van der Waals surface area contributed by atoms with E-state index in [2.05, 4.69) is 6.07 Å². The van der Waals surface area contributed by atoms with Crippen LogP contribution in [0.5, 0.6) is 0 Å². The fourth-order valence-corrected chi connectivity index (χ4v) is 5.74. The van der Waals surface area contributed by atoms with Gasteiger partial charge in [-0.25, -0.2) is 0 Å². The predicted molar refractivity (Wildman–Crippen MR) is 79.3 cm³/mol. The molecule has 0 radical (unpaired) electrons. The lowest BCUT2D eigenvalue weighted by atomic mass is 10.1. The molecule has 2 N–H and O–H groups in total. The highest BCUT2D eigenvalue weighted by atomic mass is 32.2. The van der Waals surface area contributed by atoms with Crippen molar-refractivity contribution in [3.63, 3.8) is 0 Å². The molecule has 3 rings (SSSR count). The first-order valence-electron chi connectivity index (χ1n) is 6.04. The zero-order valence-corrected chi connectivity index (χ0v) is 12.1. The number of fused-ring (bicyclic) bond motifs is 2. The summed E-state index contributed by atoms with van der Waals surface area (Å²) in [5.74, 6) is 1.41. The lowest BCUT2D eigenvalue weighted by Gasteiger charge is -2.21. The summed E-state index contributed by atoms with van der Waals surface area (Å²) in [5.41, 5.74) is 8.24. The molecule has 4 nitrogen and oxygen atoms in total. The molecule has 0 saturated carbocycles. The van der Waals surface area contributed by atoms with Crippen LogP contribution < -0.4 is 10.6 Å². The van der Waals surface area contributed by atoms with Crippen LogP contribution in [0.2, 0.25) is 0 Å². The molecule has 2 amide bonds. The molecule has 0 aliphatic carbocycles. The van der Waals surface area contributed by atoms with Crippen LogP contribution in [0, 0.1) is 6.92 Å². The van der Waals surface area contributed by atoms with E-state index in [0.29, 0.717) is 0 Å². The second-order valence-electron chi connectivity index (χ2n) is 4.69. The third-order valence-electron chi connectivity index (χ3n) is 3.33. The van der Waals surface area contributed by atoms with Gasteiger partial charge in [0.25, 0.3) is 5.91 Å². The smallest absolute Gasteiger partial charge is 0.258 e. The predicted octanol–water partition coefficient (Wildman–Crippen LogP) is 1.46. The first-order valence-corrected chi connectivity index (χ1v) is 8.01. The number of carbonyl (C=O) groups is 2. The average molecular weight is 294 g/mol. The molecule has 1 spiro atoms. The Morgan fingerprint density at radius 3 is 2.74 bits per heavy atom. The van der Waals surface area contributed by atoms with Crippen LogP contribution in [0.1, 0.15) is 11.1 Å². The van der Waals surface area contributed by atoms with Gasteiger partial charge in [0.1, 0.15) is 6.54 Å². The number of primary amides is 1. The topological polar surface area (TPSA) is 63.4 Å². The summed E-state index contributed by atoms with van der Waals surface area (Å²) in [5, 5.41) is 0. The van der Waals surface area contributed by atoms with Crippen LogP contribution in [0.25, 0.3) is 0 Å². The summed E-state index contributed by atoms with van der Waals surface area (Å²) in [7, 11) is 0. The molecule has 1 aromatic rings. The van der Waals surface area contributed by atoms with E-state index in [9.17, 15) is 9.59 Å². The highest BCUT2D eigenvalue weighted by Gasteiger charge is 2.54. The average Bonchev–Trinajstić information content (AvgIpc) is 2.92. The number of nitrogens with two attached hydrogens (primary N) is 1. The normalized spacial score (nSPS) is 20.1.